The van der Waals surface area contributed by atoms with Gasteiger partial charge in [0.2, 0.25) is 0 Å². The molecule has 0 saturated carbocycles. The molecule has 1 aliphatic heterocycles. The van der Waals surface area contributed by atoms with Gasteiger partial charge in [0.1, 0.15) is 5.70 Å². The number of anilines is 2. The maximum absolute atomic E-state index is 13.5. The first kappa shape index (κ1) is 19.9. The predicted molar refractivity (Wildman–Crippen MR) is 122 cm³/mol. The molecule has 0 unspecified atom stereocenters. The number of carbonyl (C=O) groups is 2. The molecular formula is C25H21ClN2O2. The Morgan fingerprint density at radius 2 is 1.53 bits per heavy atom. The Hall–Kier alpha value is -3.37. The summed E-state index contributed by atoms with van der Waals surface area (Å²) < 4.78 is 0. The number of aryl methyl sites for hydroxylation is 3. The lowest BCUT2D eigenvalue weighted by Gasteiger charge is -2.16. The van der Waals surface area contributed by atoms with E-state index in [-0.39, 0.29) is 11.6 Å². The third-order valence-corrected chi connectivity index (χ3v) is 5.59. The Kier molecular flexibility index (Phi) is 5.18. The van der Waals surface area contributed by atoms with Crippen molar-refractivity contribution in [2.75, 3.05) is 10.2 Å². The van der Waals surface area contributed by atoms with Gasteiger partial charge in [-0.1, -0.05) is 54.1 Å². The van der Waals surface area contributed by atoms with Gasteiger partial charge in [-0.05, 0) is 67.3 Å². The van der Waals surface area contributed by atoms with Crippen molar-refractivity contribution in [1.82, 2.24) is 0 Å². The van der Waals surface area contributed by atoms with Crippen LogP contribution in [0.15, 0.2) is 72.4 Å². The van der Waals surface area contributed by atoms with Crippen molar-refractivity contribution in [3.05, 3.63) is 99.7 Å². The molecule has 1 heterocycles. The van der Waals surface area contributed by atoms with Crippen LogP contribution in [0.4, 0.5) is 11.4 Å². The Bertz CT molecular complexity index is 1210. The monoisotopic (exact) mass is 416 g/mol. The summed E-state index contributed by atoms with van der Waals surface area (Å²) in [7, 11) is 0. The van der Waals surface area contributed by atoms with Crippen LogP contribution in [-0.2, 0) is 9.59 Å². The van der Waals surface area contributed by atoms with E-state index in [2.05, 4.69) is 5.32 Å². The topological polar surface area (TPSA) is 49.4 Å². The summed E-state index contributed by atoms with van der Waals surface area (Å²) in [4.78, 5) is 28.1. The van der Waals surface area contributed by atoms with Gasteiger partial charge in [0.15, 0.2) is 0 Å². The number of nitrogens with one attached hydrogen (secondary N) is 1. The van der Waals surface area contributed by atoms with Gasteiger partial charge in [-0.2, -0.15) is 0 Å². The summed E-state index contributed by atoms with van der Waals surface area (Å²) in [6.07, 6.45) is 0. The maximum atomic E-state index is 13.5. The van der Waals surface area contributed by atoms with Crippen LogP contribution in [0.3, 0.4) is 0 Å². The summed E-state index contributed by atoms with van der Waals surface area (Å²) in [6.45, 7) is 5.96. The Balaban J connectivity index is 1.87. The highest BCUT2D eigenvalue weighted by atomic mass is 35.5. The molecule has 1 N–H and O–H groups in total. The number of nitrogens with zero attached hydrogens (tertiary/aromatic N) is 1. The van der Waals surface area contributed by atoms with E-state index in [9.17, 15) is 9.59 Å². The van der Waals surface area contributed by atoms with Crippen molar-refractivity contribution in [3.8, 4) is 0 Å². The zero-order valence-electron chi connectivity index (χ0n) is 17.0. The molecule has 3 aromatic rings. The molecule has 5 heteroatoms. The zero-order valence-corrected chi connectivity index (χ0v) is 17.7. The number of halogens is 1. The minimum atomic E-state index is -0.404. The fraction of sp³-hybridized carbons (Fsp3) is 0.120. The largest absolute Gasteiger partial charge is 0.350 e. The number of para-hydroxylation sites is 1. The van der Waals surface area contributed by atoms with E-state index in [1.54, 1.807) is 24.3 Å². The second-order valence-electron chi connectivity index (χ2n) is 7.41. The van der Waals surface area contributed by atoms with Crippen LogP contribution in [0.2, 0.25) is 5.02 Å². The number of hydrogen-bond donors (Lipinski definition) is 1. The second-order valence-corrected chi connectivity index (χ2v) is 7.85. The molecule has 4 nitrogen and oxygen atoms in total. The highest BCUT2D eigenvalue weighted by Crippen LogP contribution is 2.35. The van der Waals surface area contributed by atoms with E-state index in [0.717, 1.165) is 22.4 Å². The Morgan fingerprint density at radius 3 is 2.23 bits per heavy atom. The molecule has 0 radical (unpaired) electrons. The molecule has 150 valence electrons. The summed E-state index contributed by atoms with van der Waals surface area (Å²) in [5.41, 5.74) is 5.70. The molecule has 0 fully saturated rings. The van der Waals surface area contributed by atoms with Gasteiger partial charge < -0.3 is 5.32 Å². The first-order valence-electron chi connectivity index (χ1n) is 9.65. The van der Waals surface area contributed by atoms with Crippen LogP contribution in [0.5, 0.6) is 0 Å². The van der Waals surface area contributed by atoms with Gasteiger partial charge in [0.25, 0.3) is 11.8 Å². The van der Waals surface area contributed by atoms with Gasteiger partial charge in [0, 0.05) is 10.7 Å². The minimum Gasteiger partial charge on any atom is -0.350 e. The average Bonchev–Trinajstić information content (AvgIpc) is 2.95. The van der Waals surface area contributed by atoms with Crippen LogP contribution in [0, 0.1) is 20.8 Å². The average molecular weight is 417 g/mol. The minimum absolute atomic E-state index is 0.262. The van der Waals surface area contributed by atoms with Gasteiger partial charge in [-0.15, -0.1) is 0 Å². The van der Waals surface area contributed by atoms with E-state index in [1.165, 1.54) is 4.90 Å². The highest BCUT2D eigenvalue weighted by molar-refractivity contribution is 6.46. The van der Waals surface area contributed by atoms with Crippen molar-refractivity contribution in [2.24, 2.45) is 0 Å². The van der Waals surface area contributed by atoms with Crippen LogP contribution in [0.1, 0.15) is 22.3 Å². The van der Waals surface area contributed by atoms with Crippen LogP contribution >= 0.6 is 11.6 Å². The van der Waals surface area contributed by atoms with E-state index < -0.39 is 5.91 Å². The summed E-state index contributed by atoms with van der Waals surface area (Å²) in [5, 5.41) is 3.68. The summed E-state index contributed by atoms with van der Waals surface area (Å²) in [5.74, 6) is -0.777. The molecular weight excluding hydrogens is 396 g/mol. The first-order chi connectivity index (χ1) is 14.4. The van der Waals surface area contributed by atoms with Crippen molar-refractivity contribution < 1.29 is 9.59 Å². The highest BCUT2D eigenvalue weighted by Gasteiger charge is 2.40. The zero-order chi connectivity index (χ0) is 21.4. The number of carbonyl (C=O) groups excluding carboxylic acids is 2. The lowest BCUT2D eigenvalue weighted by atomic mass is 9.99. The predicted octanol–water partition coefficient (Wildman–Crippen LogP) is 5.66. The second kappa shape index (κ2) is 7.81. The van der Waals surface area contributed by atoms with E-state index in [0.29, 0.717) is 21.8 Å². The molecule has 0 aliphatic carbocycles. The molecule has 2 amide bonds. The Labute approximate surface area is 180 Å². The third-order valence-electron chi connectivity index (χ3n) is 5.35. The SMILES string of the molecule is Cc1ccc(C2=C(Nc3ccccc3C)C(=O)N(c3cccc(Cl)c3)C2=O)cc1C. The number of amides is 2. The van der Waals surface area contributed by atoms with E-state index >= 15 is 0 Å². The lowest BCUT2D eigenvalue weighted by molar-refractivity contribution is -0.120. The Morgan fingerprint density at radius 1 is 0.767 bits per heavy atom. The first-order valence-corrected chi connectivity index (χ1v) is 10.0. The number of rotatable bonds is 4. The van der Waals surface area contributed by atoms with Gasteiger partial charge in [-0.25, -0.2) is 4.90 Å². The van der Waals surface area contributed by atoms with E-state index in [4.69, 9.17) is 11.6 Å². The molecule has 0 aromatic heterocycles. The van der Waals surface area contributed by atoms with E-state index in [1.807, 2.05) is 63.2 Å². The number of hydrogen-bond acceptors (Lipinski definition) is 3. The number of benzene rings is 3. The molecule has 0 saturated heterocycles. The van der Waals surface area contributed by atoms with Crippen molar-refractivity contribution in [3.63, 3.8) is 0 Å². The quantitative estimate of drug-likeness (QED) is 0.558. The fourth-order valence-electron chi connectivity index (χ4n) is 3.51. The normalized spacial score (nSPS) is 13.9. The molecule has 4 rings (SSSR count). The molecule has 0 spiro atoms. The summed E-state index contributed by atoms with van der Waals surface area (Å²) >= 11 is 6.12. The standard InChI is InChI=1S/C25H21ClN2O2/c1-15-11-12-18(13-17(15)3)22-23(27-21-10-5-4-7-16(21)2)25(30)28(24(22)29)20-9-6-8-19(26)14-20/h4-14,27H,1-3H3. The fourth-order valence-corrected chi connectivity index (χ4v) is 3.69. The lowest BCUT2D eigenvalue weighted by Crippen LogP contribution is -2.32. The van der Waals surface area contributed by atoms with Crippen LogP contribution in [0.25, 0.3) is 5.57 Å². The molecule has 0 bridgehead atoms. The molecule has 3 aromatic carbocycles. The third kappa shape index (κ3) is 3.51. The van der Waals surface area contributed by atoms with Crippen molar-refractivity contribution in [1.29, 1.82) is 0 Å². The van der Waals surface area contributed by atoms with Crippen molar-refractivity contribution in [2.45, 2.75) is 20.8 Å². The van der Waals surface area contributed by atoms with Gasteiger partial charge in [-0.3, -0.25) is 9.59 Å². The van der Waals surface area contributed by atoms with Gasteiger partial charge >= 0.3 is 0 Å². The van der Waals surface area contributed by atoms with Crippen LogP contribution < -0.4 is 10.2 Å². The van der Waals surface area contributed by atoms with Gasteiger partial charge in [0.05, 0.1) is 11.3 Å². The smallest absolute Gasteiger partial charge is 0.282 e. The molecule has 30 heavy (non-hydrogen) atoms. The maximum Gasteiger partial charge on any atom is 0.282 e. The molecule has 0 atom stereocenters. The van der Waals surface area contributed by atoms with Crippen molar-refractivity contribution >= 4 is 40.4 Å². The van der Waals surface area contributed by atoms with Crippen LogP contribution in [-0.4, -0.2) is 11.8 Å². The summed E-state index contributed by atoms with van der Waals surface area (Å²) in [6, 6.07) is 20.2. The number of imide groups is 1. The molecule has 1 aliphatic rings.